The van der Waals surface area contributed by atoms with Gasteiger partial charge in [0.25, 0.3) is 0 Å². The van der Waals surface area contributed by atoms with E-state index in [1.165, 1.54) is 6.33 Å². The SMILES string of the molecule is CN(CC1(O)CCCC1)c1ncncc1Br. The number of hydrogen-bond donors (Lipinski definition) is 1. The molecule has 0 saturated heterocycles. The molecule has 5 heteroatoms. The van der Waals surface area contributed by atoms with Crippen molar-refractivity contribution in [3.8, 4) is 0 Å². The van der Waals surface area contributed by atoms with E-state index in [0.717, 1.165) is 36.0 Å². The van der Waals surface area contributed by atoms with Gasteiger partial charge in [-0.3, -0.25) is 0 Å². The first-order valence-electron chi connectivity index (χ1n) is 5.50. The van der Waals surface area contributed by atoms with E-state index in [1.54, 1.807) is 6.20 Å². The Morgan fingerprint density at radius 3 is 2.81 bits per heavy atom. The monoisotopic (exact) mass is 285 g/mol. The van der Waals surface area contributed by atoms with Crippen LogP contribution < -0.4 is 4.90 Å². The Morgan fingerprint density at radius 1 is 1.50 bits per heavy atom. The highest BCUT2D eigenvalue weighted by atomic mass is 79.9. The summed E-state index contributed by atoms with van der Waals surface area (Å²) in [6, 6.07) is 0. The maximum atomic E-state index is 10.3. The quantitative estimate of drug-likeness (QED) is 0.923. The molecule has 0 atom stereocenters. The third-order valence-electron chi connectivity index (χ3n) is 3.08. The molecule has 1 aliphatic carbocycles. The molecule has 88 valence electrons. The second kappa shape index (κ2) is 4.67. The van der Waals surface area contributed by atoms with Gasteiger partial charge in [0.1, 0.15) is 12.1 Å². The molecule has 1 aromatic rings. The van der Waals surface area contributed by atoms with E-state index in [9.17, 15) is 5.11 Å². The third-order valence-corrected chi connectivity index (χ3v) is 3.63. The molecule has 2 rings (SSSR count). The summed E-state index contributed by atoms with van der Waals surface area (Å²) in [5, 5.41) is 10.3. The molecule has 4 nitrogen and oxygen atoms in total. The van der Waals surface area contributed by atoms with Crippen LogP contribution in [0.2, 0.25) is 0 Å². The van der Waals surface area contributed by atoms with Crippen molar-refractivity contribution < 1.29 is 5.11 Å². The van der Waals surface area contributed by atoms with Crippen molar-refractivity contribution in [2.24, 2.45) is 0 Å². The summed E-state index contributed by atoms with van der Waals surface area (Å²) in [6.07, 6.45) is 7.26. The van der Waals surface area contributed by atoms with Crippen LogP contribution in [0.5, 0.6) is 0 Å². The van der Waals surface area contributed by atoms with Crippen molar-refractivity contribution in [3.05, 3.63) is 17.0 Å². The van der Waals surface area contributed by atoms with Crippen LogP contribution in [0.25, 0.3) is 0 Å². The average molecular weight is 286 g/mol. The molecule has 0 aliphatic heterocycles. The van der Waals surface area contributed by atoms with Crippen LogP contribution >= 0.6 is 15.9 Å². The van der Waals surface area contributed by atoms with Crippen LogP contribution in [0.4, 0.5) is 5.82 Å². The first-order valence-corrected chi connectivity index (χ1v) is 6.29. The van der Waals surface area contributed by atoms with E-state index >= 15 is 0 Å². The van der Waals surface area contributed by atoms with Gasteiger partial charge in [-0.15, -0.1) is 0 Å². The Morgan fingerprint density at radius 2 is 2.19 bits per heavy atom. The Bertz CT molecular complexity index is 366. The van der Waals surface area contributed by atoms with Crippen LogP contribution in [-0.2, 0) is 0 Å². The highest BCUT2D eigenvalue weighted by Crippen LogP contribution is 2.31. The maximum absolute atomic E-state index is 10.3. The number of halogens is 1. The number of aromatic nitrogens is 2. The molecule has 0 amide bonds. The zero-order valence-electron chi connectivity index (χ0n) is 9.36. The Balaban J connectivity index is 2.08. The van der Waals surface area contributed by atoms with Crippen LogP contribution in [-0.4, -0.2) is 34.3 Å². The second-order valence-corrected chi connectivity index (χ2v) is 5.34. The third kappa shape index (κ3) is 2.52. The molecule has 1 N–H and O–H groups in total. The van der Waals surface area contributed by atoms with Gasteiger partial charge in [-0.1, -0.05) is 12.8 Å². The van der Waals surface area contributed by atoms with Crippen LogP contribution in [0.15, 0.2) is 17.0 Å². The van der Waals surface area contributed by atoms with E-state index in [-0.39, 0.29) is 0 Å². The minimum atomic E-state index is -0.543. The highest BCUT2D eigenvalue weighted by Gasteiger charge is 2.32. The topological polar surface area (TPSA) is 49.2 Å². The molecule has 1 saturated carbocycles. The van der Waals surface area contributed by atoms with Crippen molar-refractivity contribution in [1.82, 2.24) is 9.97 Å². The predicted molar refractivity (Wildman–Crippen MR) is 66.4 cm³/mol. The smallest absolute Gasteiger partial charge is 0.146 e. The van der Waals surface area contributed by atoms with Crippen molar-refractivity contribution >= 4 is 21.7 Å². The lowest BCUT2D eigenvalue weighted by Crippen LogP contribution is -2.39. The zero-order chi connectivity index (χ0) is 11.6. The molecular weight excluding hydrogens is 270 g/mol. The number of hydrogen-bond acceptors (Lipinski definition) is 4. The number of aliphatic hydroxyl groups is 1. The normalized spacial score (nSPS) is 18.7. The van der Waals surface area contributed by atoms with Crippen LogP contribution in [0.3, 0.4) is 0 Å². The molecule has 1 heterocycles. The van der Waals surface area contributed by atoms with Gasteiger partial charge in [-0.25, -0.2) is 9.97 Å². The van der Waals surface area contributed by atoms with Gasteiger partial charge < -0.3 is 10.0 Å². The van der Waals surface area contributed by atoms with Crippen LogP contribution in [0.1, 0.15) is 25.7 Å². The fraction of sp³-hybridized carbons (Fsp3) is 0.636. The zero-order valence-corrected chi connectivity index (χ0v) is 10.9. The predicted octanol–water partition coefficient (Wildman–Crippen LogP) is 1.98. The Hall–Kier alpha value is -0.680. The molecule has 16 heavy (non-hydrogen) atoms. The minimum Gasteiger partial charge on any atom is -0.388 e. The highest BCUT2D eigenvalue weighted by molar-refractivity contribution is 9.10. The summed E-state index contributed by atoms with van der Waals surface area (Å²) >= 11 is 3.42. The van der Waals surface area contributed by atoms with Gasteiger partial charge in [-0.2, -0.15) is 0 Å². The Labute approximate surface area is 104 Å². The molecule has 0 radical (unpaired) electrons. The van der Waals surface area contributed by atoms with Gasteiger partial charge in [0.2, 0.25) is 0 Å². The molecule has 1 aliphatic rings. The lowest BCUT2D eigenvalue weighted by atomic mass is 10.0. The summed E-state index contributed by atoms with van der Waals surface area (Å²) in [6.45, 7) is 0.628. The largest absolute Gasteiger partial charge is 0.388 e. The molecule has 0 unspecified atom stereocenters. The van der Waals surface area contributed by atoms with E-state index in [2.05, 4.69) is 25.9 Å². The van der Waals surface area contributed by atoms with Gasteiger partial charge in [-0.05, 0) is 28.8 Å². The molecular formula is C11H16BrN3O. The number of nitrogens with zero attached hydrogens (tertiary/aromatic N) is 3. The molecule has 1 fully saturated rings. The summed E-state index contributed by atoms with van der Waals surface area (Å²) in [5.41, 5.74) is -0.543. The van der Waals surface area contributed by atoms with Gasteiger partial charge in [0.15, 0.2) is 0 Å². The first kappa shape index (κ1) is 11.8. The summed E-state index contributed by atoms with van der Waals surface area (Å²) in [5.74, 6) is 0.829. The second-order valence-electron chi connectivity index (χ2n) is 4.48. The van der Waals surface area contributed by atoms with Crippen LogP contribution in [0, 0.1) is 0 Å². The number of likely N-dealkylation sites (N-methyl/N-ethyl adjacent to an activating group) is 1. The molecule has 0 bridgehead atoms. The average Bonchev–Trinajstić information content (AvgIpc) is 2.65. The van der Waals surface area contributed by atoms with Gasteiger partial charge in [0, 0.05) is 19.8 Å². The fourth-order valence-electron chi connectivity index (χ4n) is 2.29. The van der Waals surface area contributed by atoms with Crippen molar-refractivity contribution in [2.45, 2.75) is 31.3 Å². The Kier molecular flexibility index (Phi) is 3.44. The number of rotatable bonds is 3. The molecule has 0 spiro atoms. The lowest BCUT2D eigenvalue weighted by molar-refractivity contribution is 0.0557. The van der Waals surface area contributed by atoms with Crippen molar-refractivity contribution in [2.75, 3.05) is 18.5 Å². The van der Waals surface area contributed by atoms with Gasteiger partial charge >= 0.3 is 0 Å². The maximum Gasteiger partial charge on any atom is 0.146 e. The van der Waals surface area contributed by atoms with E-state index < -0.39 is 5.60 Å². The molecule has 0 aromatic carbocycles. The van der Waals surface area contributed by atoms with E-state index in [1.807, 2.05) is 11.9 Å². The first-order chi connectivity index (χ1) is 7.61. The number of anilines is 1. The summed E-state index contributed by atoms with van der Waals surface area (Å²) in [7, 11) is 1.95. The van der Waals surface area contributed by atoms with Crippen molar-refractivity contribution in [1.29, 1.82) is 0 Å². The lowest BCUT2D eigenvalue weighted by Gasteiger charge is -2.29. The fourth-order valence-corrected chi connectivity index (χ4v) is 2.82. The molecule has 1 aromatic heterocycles. The standard InChI is InChI=1S/C11H16BrN3O/c1-15(7-11(16)4-2-3-5-11)10-9(12)6-13-8-14-10/h6,8,16H,2-5,7H2,1H3. The summed E-state index contributed by atoms with van der Waals surface area (Å²) in [4.78, 5) is 10.1. The van der Waals surface area contributed by atoms with Gasteiger partial charge in [0.05, 0.1) is 10.1 Å². The van der Waals surface area contributed by atoms with Crippen molar-refractivity contribution in [3.63, 3.8) is 0 Å². The van der Waals surface area contributed by atoms with E-state index in [4.69, 9.17) is 0 Å². The minimum absolute atomic E-state index is 0.543. The van der Waals surface area contributed by atoms with E-state index in [0.29, 0.717) is 6.54 Å². The summed E-state index contributed by atoms with van der Waals surface area (Å²) < 4.78 is 0.860.